The average molecular weight is 345 g/mol. The third-order valence-corrected chi connectivity index (χ3v) is 3.99. The lowest BCUT2D eigenvalue weighted by Crippen LogP contribution is -2.47. The first-order valence-corrected chi connectivity index (χ1v) is 7.73. The second kappa shape index (κ2) is 7.97. The van der Waals surface area contributed by atoms with Gasteiger partial charge in [0.1, 0.15) is 11.4 Å². The van der Waals surface area contributed by atoms with Crippen LogP contribution >= 0.6 is 12.4 Å². The monoisotopic (exact) mass is 344 g/mol. The van der Waals surface area contributed by atoms with Crippen LogP contribution in [0.25, 0.3) is 0 Å². The molecule has 1 aromatic carbocycles. The number of ether oxygens (including phenoxy) is 1. The van der Waals surface area contributed by atoms with Crippen molar-refractivity contribution in [3.05, 3.63) is 35.6 Å². The van der Waals surface area contributed by atoms with Crippen molar-refractivity contribution in [3.63, 3.8) is 0 Å². The van der Waals surface area contributed by atoms with Crippen molar-refractivity contribution >= 4 is 18.5 Å². The highest BCUT2D eigenvalue weighted by atomic mass is 35.5. The fourth-order valence-electron chi connectivity index (χ4n) is 2.91. The largest absolute Gasteiger partial charge is 0.444 e. The molecule has 0 aliphatic carbocycles. The fourth-order valence-corrected chi connectivity index (χ4v) is 2.91. The predicted molar refractivity (Wildman–Crippen MR) is 91.4 cm³/mol. The number of nitrogens with zero attached hydrogens (tertiary/aromatic N) is 1. The Balaban J connectivity index is 0.00000264. The summed E-state index contributed by atoms with van der Waals surface area (Å²) in [6, 6.07) is 6.57. The summed E-state index contributed by atoms with van der Waals surface area (Å²) in [5.41, 5.74) is 6.48. The van der Waals surface area contributed by atoms with Gasteiger partial charge in [-0.3, -0.25) is 0 Å². The van der Waals surface area contributed by atoms with Gasteiger partial charge in [0.2, 0.25) is 0 Å². The smallest absolute Gasteiger partial charge is 0.410 e. The Hall–Kier alpha value is -1.33. The molecular formula is C17H26ClFN2O2. The minimum absolute atomic E-state index is 0. The lowest BCUT2D eigenvalue weighted by molar-refractivity contribution is 0.0150. The molecule has 6 heteroatoms. The van der Waals surface area contributed by atoms with Crippen molar-refractivity contribution in [1.82, 2.24) is 4.90 Å². The molecule has 0 radical (unpaired) electrons. The van der Waals surface area contributed by atoms with E-state index in [0.717, 1.165) is 12.0 Å². The van der Waals surface area contributed by atoms with Gasteiger partial charge in [-0.2, -0.15) is 0 Å². The molecule has 23 heavy (non-hydrogen) atoms. The fraction of sp³-hybridized carbons (Fsp3) is 0.588. The third kappa shape index (κ3) is 5.36. The van der Waals surface area contributed by atoms with Crippen LogP contribution in [0.5, 0.6) is 0 Å². The number of likely N-dealkylation sites (tertiary alicyclic amines) is 1. The summed E-state index contributed by atoms with van der Waals surface area (Å²) >= 11 is 0. The van der Waals surface area contributed by atoms with Crippen molar-refractivity contribution in [2.75, 3.05) is 19.6 Å². The first kappa shape index (κ1) is 19.7. The highest BCUT2D eigenvalue weighted by Gasteiger charge is 2.33. The average Bonchev–Trinajstić information content (AvgIpc) is 2.45. The van der Waals surface area contributed by atoms with Crippen LogP contribution in [0.3, 0.4) is 0 Å². The van der Waals surface area contributed by atoms with Crippen LogP contribution in [-0.2, 0) is 4.74 Å². The van der Waals surface area contributed by atoms with Gasteiger partial charge in [-0.25, -0.2) is 9.18 Å². The van der Waals surface area contributed by atoms with Gasteiger partial charge in [0.25, 0.3) is 0 Å². The number of benzene rings is 1. The number of carbonyl (C=O) groups is 1. The van der Waals surface area contributed by atoms with E-state index in [0.29, 0.717) is 19.6 Å². The molecule has 1 heterocycles. The standard InChI is InChI=1S/C17H25FN2O2.ClH/c1-17(2,3)22-16(21)20-9-8-15(13(10-19)11-20)12-4-6-14(18)7-5-12;/h4-7,13,15H,8-11,19H2,1-3H3;1H/t13-,15-;/m1./s1. The van der Waals surface area contributed by atoms with Crippen molar-refractivity contribution in [2.24, 2.45) is 11.7 Å². The van der Waals surface area contributed by atoms with Crippen LogP contribution in [-0.4, -0.2) is 36.2 Å². The molecule has 2 rings (SSSR count). The molecule has 0 spiro atoms. The van der Waals surface area contributed by atoms with Crippen LogP contribution in [0.15, 0.2) is 24.3 Å². The van der Waals surface area contributed by atoms with E-state index in [1.165, 1.54) is 12.1 Å². The van der Waals surface area contributed by atoms with E-state index < -0.39 is 5.60 Å². The number of piperidine rings is 1. The van der Waals surface area contributed by atoms with Gasteiger partial charge in [-0.05, 0) is 63.3 Å². The number of amides is 1. The van der Waals surface area contributed by atoms with E-state index in [-0.39, 0.29) is 36.2 Å². The maximum Gasteiger partial charge on any atom is 0.410 e. The first-order chi connectivity index (χ1) is 10.3. The molecular weight excluding hydrogens is 319 g/mol. The zero-order valence-corrected chi connectivity index (χ0v) is 14.7. The van der Waals surface area contributed by atoms with Crippen molar-refractivity contribution in [1.29, 1.82) is 0 Å². The van der Waals surface area contributed by atoms with Crippen molar-refractivity contribution < 1.29 is 13.9 Å². The summed E-state index contributed by atoms with van der Waals surface area (Å²) < 4.78 is 18.5. The molecule has 2 N–H and O–H groups in total. The first-order valence-electron chi connectivity index (χ1n) is 7.73. The minimum atomic E-state index is -0.497. The Labute approximate surface area is 143 Å². The molecule has 1 fully saturated rings. The van der Waals surface area contributed by atoms with Crippen LogP contribution in [0.4, 0.5) is 9.18 Å². The van der Waals surface area contributed by atoms with Gasteiger partial charge in [-0.1, -0.05) is 12.1 Å². The number of nitrogens with two attached hydrogens (primary N) is 1. The molecule has 1 amide bonds. The highest BCUT2D eigenvalue weighted by molar-refractivity contribution is 5.85. The molecule has 1 saturated heterocycles. The van der Waals surface area contributed by atoms with Gasteiger partial charge in [0.05, 0.1) is 0 Å². The van der Waals surface area contributed by atoms with Crippen molar-refractivity contribution in [2.45, 2.75) is 38.7 Å². The predicted octanol–water partition coefficient (Wildman–Crippen LogP) is 3.55. The number of halogens is 2. The topological polar surface area (TPSA) is 55.6 Å². The normalized spacial score (nSPS) is 21.5. The van der Waals surface area contributed by atoms with E-state index in [1.807, 2.05) is 32.9 Å². The van der Waals surface area contributed by atoms with Gasteiger partial charge < -0.3 is 15.4 Å². The molecule has 4 nitrogen and oxygen atoms in total. The Morgan fingerprint density at radius 2 is 1.96 bits per heavy atom. The van der Waals surface area contributed by atoms with Crippen LogP contribution < -0.4 is 5.73 Å². The maximum atomic E-state index is 13.1. The Kier molecular flexibility index (Phi) is 6.84. The lowest BCUT2D eigenvalue weighted by Gasteiger charge is -2.38. The molecule has 0 unspecified atom stereocenters. The zero-order valence-electron chi connectivity index (χ0n) is 13.9. The molecule has 1 aliphatic heterocycles. The Morgan fingerprint density at radius 1 is 1.35 bits per heavy atom. The third-order valence-electron chi connectivity index (χ3n) is 3.99. The molecule has 0 bridgehead atoms. The zero-order chi connectivity index (χ0) is 16.3. The molecule has 0 aromatic heterocycles. The van der Waals surface area contributed by atoms with Crippen LogP contribution in [0.1, 0.15) is 38.7 Å². The van der Waals surface area contributed by atoms with Gasteiger partial charge in [0.15, 0.2) is 0 Å². The van der Waals surface area contributed by atoms with Crippen molar-refractivity contribution in [3.8, 4) is 0 Å². The quantitative estimate of drug-likeness (QED) is 0.892. The molecule has 1 aromatic rings. The van der Waals surface area contributed by atoms with Crippen LogP contribution in [0, 0.1) is 11.7 Å². The van der Waals surface area contributed by atoms with E-state index in [4.69, 9.17) is 10.5 Å². The summed E-state index contributed by atoms with van der Waals surface area (Å²) in [7, 11) is 0. The second-order valence-corrected chi connectivity index (χ2v) is 6.87. The highest BCUT2D eigenvalue weighted by Crippen LogP contribution is 2.33. The van der Waals surface area contributed by atoms with Gasteiger partial charge >= 0.3 is 6.09 Å². The molecule has 2 atom stereocenters. The maximum absolute atomic E-state index is 13.1. The van der Waals surface area contributed by atoms with E-state index >= 15 is 0 Å². The number of hydrogen-bond donors (Lipinski definition) is 1. The Morgan fingerprint density at radius 3 is 2.48 bits per heavy atom. The lowest BCUT2D eigenvalue weighted by atomic mass is 9.80. The molecule has 0 saturated carbocycles. The number of hydrogen-bond acceptors (Lipinski definition) is 3. The van der Waals surface area contributed by atoms with Gasteiger partial charge in [-0.15, -0.1) is 12.4 Å². The Bertz CT molecular complexity index is 516. The number of carbonyl (C=O) groups excluding carboxylic acids is 1. The molecule has 1 aliphatic rings. The van der Waals surface area contributed by atoms with E-state index in [1.54, 1.807) is 4.90 Å². The second-order valence-electron chi connectivity index (χ2n) is 6.87. The van der Waals surface area contributed by atoms with Gasteiger partial charge in [0, 0.05) is 13.1 Å². The van der Waals surface area contributed by atoms with E-state index in [9.17, 15) is 9.18 Å². The minimum Gasteiger partial charge on any atom is -0.444 e. The van der Waals surface area contributed by atoms with E-state index in [2.05, 4.69) is 0 Å². The summed E-state index contributed by atoms with van der Waals surface area (Å²) in [4.78, 5) is 13.9. The summed E-state index contributed by atoms with van der Waals surface area (Å²) in [5, 5.41) is 0. The SMILES string of the molecule is CC(C)(C)OC(=O)N1CC[C@H](c2ccc(F)cc2)[C@H](CN)C1.Cl. The summed E-state index contributed by atoms with van der Waals surface area (Å²) in [6.45, 7) is 7.27. The summed E-state index contributed by atoms with van der Waals surface area (Å²) in [6.07, 6.45) is 0.524. The number of rotatable bonds is 2. The molecule has 130 valence electrons. The summed E-state index contributed by atoms with van der Waals surface area (Å²) in [5.74, 6) is 0.176. The van der Waals surface area contributed by atoms with Crippen LogP contribution in [0.2, 0.25) is 0 Å².